The van der Waals surface area contributed by atoms with Crippen molar-refractivity contribution in [3.8, 4) is 11.5 Å². The number of piperazine rings is 1. The number of nitrogens with zero attached hydrogens (tertiary/aromatic N) is 2. The van der Waals surface area contributed by atoms with Crippen LogP contribution in [-0.2, 0) is 0 Å². The summed E-state index contributed by atoms with van der Waals surface area (Å²) in [6, 6.07) is 14.8. The Kier molecular flexibility index (Phi) is 9.37. The predicted octanol–water partition coefficient (Wildman–Crippen LogP) is 5.13. The molecule has 1 heterocycles. The van der Waals surface area contributed by atoms with Gasteiger partial charge in [0.05, 0.1) is 24.3 Å². The zero-order valence-corrected chi connectivity index (χ0v) is 21.0. The van der Waals surface area contributed by atoms with Crippen molar-refractivity contribution in [2.24, 2.45) is 11.8 Å². The molecule has 0 aromatic heterocycles. The molecule has 2 amide bonds. The average Bonchev–Trinajstić information content (AvgIpc) is 2.83. The number of rotatable bonds is 10. The number of hydrogen-bond donors (Lipinski definition) is 0. The number of carbonyl (C=O) groups is 2. The molecule has 6 nitrogen and oxygen atoms in total. The fourth-order valence-corrected chi connectivity index (χ4v) is 3.80. The maximum atomic E-state index is 13.2. The van der Waals surface area contributed by atoms with Gasteiger partial charge in [-0.2, -0.15) is 0 Å². The lowest BCUT2D eigenvalue weighted by atomic mass is 10.1. The molecule has 0 spiro atoms. The van der Waals surface area contributed by atoms with Gasteiger partial charge in [-0.3, -0.25) is 9.59 Å². The van der Waals surface area contributed by atoms with Gasteiger partial charge in [0.2, 0.25) is 0 Å². The second-order valence-corrected chi connectivity index (χ2v) is 9.64. The van der Waals surface area contributed by atoms with Gasteiger partial charge in [0, 0.05) is 26.2 Å². The van der Waals surface area contributed by atoms with Crippen molar-refractivity contribution in [2.45, 2.75) is 40.5 Å². The van der Waals surface area contributed by atoms with Crippen LogP contribution in [-0.4, -0.2) is 61.0 Å². The van der Waals surface area contributed by atoms with Crippen LogP contribution in [0, 0.1) is 11.8 Å². The molecule has 0 N–H and O–H groups in total. The van der Waals surface area contributed by atoms with Crippen molar-refractivity contribution in [3.05, 3.63) is 59.7 Å². The fraction of sp³-hybridized carbons (Fsp3) is 0.500. The maximum absolute atomic E-state index is 13.2. The number of hydrogen-bond acceptors (Lipinski definition) is 4. The monoisotopic (exact) mass is 466 g/mol. The van der Waals surface area contributed by atoms with E-state index in [2.05, 4.69) is 27.7 Å². The lowest BCUT2D eigenvalue weighted by Crippen LogP contribution is -2.50. The van der Waals surface area contributed by atoms with Gasteiger partial charge < -0.3 is 19.3 Å². The molecule has 6 heteroatoms. The Balaban J connectivity index is 1.60. The highest BCUT2D eigenvalue weighted by atomic mass is 16.5. The van der Waals surface area contributed by atoms with Crippen LogP contribution in [0.25, 0.3) is 0 Å². The molecule has 1 saturated heterocycles. The molecule has 184 valence electrons. The summed E-state index contributed by atoms with van der Waals surface area (Å²) in [5.74, 6) is 2.23. The molecular formula is C28H38N2O4. The Hall–Kier alpha value is -3.02. The smallest absolute Gasteiger partial charge is 0.257 e. The van der Waals surface area contributed by atoms with Crippen LogP contribution in [0.4, 0.5) is 0 Å². The van der Waals surface area contributed by atoms with E-state index in [0.717, 1.165) is 12.8 Å². The van der Waals surface area contributed by atoms with E-state index >= 15 is 0 Å². The van der Waals surface area contributed by atoms with Crippen molar-refractivity contribution in [1.29, 1.82) is 0 Å². The van der Waals surface area contributed by atoms with E-state index in [1.165, 1.54) is 0 Å². The molecule has 0 aliphatic carbocycles. The molecule has 3 rings (SSSR count). The molecule has 2 aromatic carbocycles. The minimum atomic E-state index is -0.0512. The zero-order valence-electron chi connectivity index (χ0n) is 21.0. The third kappa shape index (κ3) is 6.99. The summed E-state index contributed by atoms with van der Waals surface area (Å²) < 4.78 is 11.8. The van der Waals surface area contributed by atoms with Crippen molar-refractivity contribution < 1.29 is 19.1 Å². The largest absolute Gasteiger partial charge is 0.493 e. The Morgan fingerprint density at radius 1 is 0.676 bits per heavy atom. The van der Waals surface area contributed by atoms with Crippen LogP contribution in [0.15, 0.2) is 48.5 Å². The Bertz CT molecular complexity index is 871. The summed E-state index contributed by atoms with van der Waals surface area (Å²) in [6.45, 7) is 11.7. The molecule has 34 heavy (non-hydrogen) atoms. The molecule has 0 unspecified atom stereocenters. The lowest BCUT2D eigenvalue weighted by Gasteiger charge is -2.35. The standard InChI is InChI=1S/C28H38N2O4/c1-21(2)13-19-33-25-11-7-5-9-23(25)27(31)29-15-17-30(18-16-29)28(32)24-10-6-8-12-26(24)34-20-14-22(3)4/h5-12,21-22H,13-20H2,1-4H3. The summed E-state index contributed by atoms with van der Waals surface area (Å²) in [7, 11) is 0. The van der Waals surface area contributed by atoms with Gasteiger partial charge in [-0.15, -0.1) is 0 Å². The van der Waals surface area contributed by atoms with E-state index in [1.54, 1.807) is 9.80 Å². The highest BCUT2D eigenvalue weighted by Crippen LogP contribution is 2.24. The van der Waals surface area contributed by atoms with Crippen LogP contribution in [0.5, 0.6) is 11.5 Å². The maximum Gasteiger partial charge on any atom is 0.257 e. The van der Waals surface area contributed by atoms with Crippen LogP contribution in [0.1, 0.15) is 61.3 Å². The molecule has 1 aliphatic heterocycles. The van der Waals surface area contributed by atoms with Gasteiger partial charge in [-0.05, 0) is 48.9 Å². The Labute approximate surface area is 203 Å². The average molecular weight is 467 g/mol. The lowest BCUT2D eigenvalue weighted by molar-refractivity contribution is 0.0530. The van der Waals surface area contributed by atoms with Crippen molar-refractivity contribution in [2.75, 3.05) is 39.4 Å². The van der Waals surface area contributed by atoms with E-state index in [1.807, 2.05) is 48.5 Å². The Morgan fingerprint density at radius 3 is 1.38 bits per heavy atom. The highest BCUT2D eigenvalue weighted by molar-refractivity contribution is 5.98. The minimum Gasteiger partial charge on any atom is -0.493 e. The third-order valence-electron chi connectivity index (χ3n) is 5.99. The zero-order chi connectivity index (χ0) is 24.5. The molecule has 1 fully saturated rings. The normalized spacial score (nSPS) is 13.9. The highest BCUT2D eigenvalue weighted by Gasteiger charge is 2.28. The van der Waals surface area contributed by atoms with Crippen molar-refractivity contribution >= 4 is 11.8 Å². The molecule has 0 saturated carbocycles. The molecule has 2 aromatic rings. The van der Waals surface area contributed by atoms with Gasteiger partial charge in [0.25, 0.3) is 11.8 Å². The van der Waals surface area contributed by atoms with E-state index in [9.17, 15) is 9.59 Å². The summed E-state index contributed by atoms with van der Waals surface area (Å²) in [5.41, 5.74) is 1.16. The van der Waals surface area contributed by atoms with E-state index < -0.39 is 0 Å². The SMILES string of the molecule is CC(C)CCOc1ccccc1C(=O)N1CCN(C(=O)c2ccccc2OCCC(C)C)CC1. The van der Waals surface area contributed by atoms with Gasteiger partial charge in [0.15, 0.2) is 0 Å². The first-order valence-corrected chi connectivity index (χ1v) is 12.4. The molecule has 1 aliphatic rings. The second-order valence-electron chi connectivity index (χ2n) is 9.64. The molecule has 0 radical (unpaired) electrons. The molecule has 0 bridgehead atoms. The second kappa shape index (κ2) is 12.4. The third-order valence-corrected chi connectivity index (χ3v) is 5.99. The van der Waals surface area contributed by atoms with Crippen molar-refractivity contribution in [3.63, 3.8) is 0 Å². The van der Waals surface area contributed by atoms with Gasteiger partial charge >= 0.3 is 0 Å². The number of ether oxygens (including phenoxy) is 2. The van der Waals surface area contributed by atoms with E-state index in [0.29, 0.717) is 73.9 Å². The number of amides is 2. The first kappa shape index (κ1) is 25.6. The number of para-hydroxylation sites is 2. The van der Waals surface area contributed by atoms with Crippen molar-refractivity contribution in [1.82, 2.24) is 9.80 Å². The van der Waals surface area contributed by atoms with E-state index in [-0.39, 0.29) is 11.8 Å². The van der Waals surface area contributed by atoms with E-state index in [4.69, 9.17) is 9.47 Å². The van der Waals surface area contributed by atoms with Crippen LogP contribution in [0.2, 0.25) is 0 Å². The summed E-state index contributed by atoms with van der Waals surface area (Å²) in [6.07, 6.45) is 1.87. The van der Waals surface area contributed by atoms with Gasteiger partial charge in [-0.25, -0.2) is 0 Å². The van der Waals surface area contributed by atoms with Crippen LogP contribution < -0.4 is 9.47 Å². The molecular weight excluding hydrogens is 428 g/mol. The van der Waals surface area contributed by atoms with Gasteiger partial charge in [0.1, 0.15) is 11.5 Å². The quantitative estimate of drug-likeness (QED) is 0.487. The first-order chi connectivity index (χ1) is 16.4. The van der Waals surface area contributed by atoms with Crippen LogP contribution >= 0.6 is 0 Å². The Morgan fingerprint density at radius 2 is 1.03 bits per heavy atom. The number of benzene rings is 2. The minimum absolute atomic E-state index is 0.0512. The topological polar surface area (TPSA) is 59.1 Å². The fourth-order valence-electron chi connectivity index (χ4n) is 3.80. The van der Waals surface area contributed by atoms with Crippen LogP contribution in [0.3, 0.4) is 0 Å². The summed E-state index contributed by atoms with van der Waals surface area (Å²) in [4.78, 5) is 30.0. The first-order valence-electron chi connectivity index (χ1n) is 12.4. The molecule has 0 atom stereocenters. The summed E-state index contributed by atoms with van der Waals surface area (Å²) in [5, 5.41) is 0. The summed E-state index contributed by atoms with van der Waals surface area (Å²) >= 11 is 0. The van der Waals surface area contributed by atoms with Gasteiger partial charge in [-0.1, -0.05) is 52.0 Å². The predicted molar refractivity (Wildman–Crippen MR) is 135 cm³/mol. The number of carbonyl (C=O) groups excluding carboxylic acids is 2.